The minimum atomic E-state index is -3.03. The van der Waals surface area contributed by atoms with Gasteiger partial charge in [0.25, 0.3) is 5.91 Å². The van der Waals surface area contributed by atoms with E-state index in [1.807, 2.05) is 0 Å². The first-order valence-corrected chi connectivity index (χ1v) is 8.07. The zero-order valence-corrected chi connectivity index (χ0v) is 12.2. The van der Waals surface area contributed by atoms with Gasteiger partial charge in [-0.25, -0.2) is 13.4 Å². The Hall–Kier alpha value is -0.950. The number of hydrogen-bond acceptors (Lipinski definition) is 4. The summed E-state index contributed by atoms with van der Waals surface area (Å²) in [6.07, 6.45) is 0.440. The number of carbonyl (C=O) groups is 1. The average molecular weight is 333 g/mol. The third kappa shape index (κ3) is 3.08. The van der Waals surface area contributed by atoms with Crippen LogP contribution < -0.4 is 5.32 Å². The summed E-state index contributed by atoms with van der Waals surface area (Å²) in [4.78, 5) is 16.0. The van der Waals surface area contributed by atoms with Crippen LogP contribution in [-0.2, 0) is 9.84 Å². The van der Waals surface area contributed by atoms with E-state index in [9.17, 15) is 13.2 Å². The van der Waals surface area contributed by atoms with Crippen molar-refractivity contribution in [3.05, 3.63) is 28.5 Å². The average Bonchev–Trinajstić information content (AvgIpc) is 2.52. The fraction of sp³-hybridized carbons (Fsp3) is 0.455. The van der Waals surface area contributed by atoms with Crippen LogP contribution in [0.5, 0.6) is 0 Å². The maximum atomic E-state index is 12.0. The highest BCUT2D eigenvalue weighted by molar-refractivity contribution is 9.10. The van der Waals surface area contributed by atoms with Gasteiger partial charge in [0.2, 0.25) is 0 Å². The van der Waals surface area contributed by atoms with Crippen LogP contribution in [0.4, 0.5) is 0 Å². The summed E-state index contributed by atoms with van der Waals surface area (Å²) in [5.74, 6) is -0.244. The molecule has 18 heavy (non-hydrogen) atoms. The minimum Gasteiger partial charge on any atom is -0.344 e. The monoisotopic (exact) mass is 332 g/mol. The van der Waals surface area contributed by atoms with E-state index in [1.54, 1.807) is 25.1 Å². The molecule has 1 aromatic rings. The minimum absolute atomic E-state index is 0.0141. The molecule has 7 heteroatoms. The summed E-state index contributed by atoms with van der Waals surface area (Å²) >= 11 is 3.19. The van der Waals surface area contributed by atoms with E-state index in [1.165, 1.54) is 0 Å². The number of pyridine rings is 1. The van der Waals surface area contributed by atoms with Gasteiger partial charge >= 0.3 is 0 Å². The number of aromatic nitrogens is 1. The summed E-state index contributed by atoms with van der Waals surface area (Å²) in [5.41, 5.74) is -0.421. The molecule has 0 bridgehead atoms. The molecule has 5 nitrogen and oxygen atoms in total. The van der Waals surface area contributed by atoms with Crippen LogP contribution in [0.25, 0.3) is 0 Å². The van der Waals surface area contributed by atoms with Gasteiger partial charge in [0.05, 0.1) is 17.0 Å². The third-order valence-electron chi connectivity index (χ3n) is 2.87. The molecule has 0 aromatic carbocycles. The lowest BCUT2D eigenvalue weighted by Crippen LogP contribution is -2.47. The largest absolute Gasteiger partial charge is 0.344 e. The molecular formula is C11H13BrN2O3S. The van der Waals surface area contributed by atoms with Crippen LogP contribution in [0.15, 0.2) is 22.8 Å². The van der Waals surface area contributed by atoms with E-state index >= 15 is 0 Å². The maximum Gasteiger partial charge on any atom is 0.270 e. The Kier molecular flexibility index (Phi) is 3.46. The van der Waals surface area contributed by atoms with Gasteiger partial charge in [0, 0.05) is 0 Å². The summed E-state index contributed by atoms with van der Waals surface area (Å²) in [5, 5.41) is 2.75. The molecule has 2 rings (SSSR count). The number of amides is 1. The molecule has 2 heterocycles. The molecule has 0 spiro atoms. The SMILES string of the molecule is CC1(NC(=O)c2cccc(Br)n2)CCS(=O)(=O)C1. The van der Waals surface area contributed by atoms with Crippen molar-refractivity contribution in [2.75, 3.05) is 11.5 Å². The second kappa shape index (κ2) is 4.62. The van der Waals surface area contributed by atoms with Crippen molar-refractivity contribution in [2.24, 2.45) is 0 Å². The first kappa shape index (κ1) is 13.5. The Bertz CT molecular complexity index is 588. The number of sulfone groups is 1. The molecule has 1 amide bonds. The van der Waals surface area contributed by atoms with Gasteiger partial charge in [-0.15, -0.1) is 0 Å². The predicted octanol–water partition coefficient (Wildman–Crippen LogP) is 1.15. The summed E-state index contributed by atoms with van der Waals surface area (Å²) in [6, 6.07) is 5.02. The van der Waals surface area contributed by atoms with Crippen molar-refractivity contribution in [3.8, 4) is 0 Å². The number of rotatable bonds is 2. The molecule has 1 saturated heterocycles. The van der Waals surface area contributed by atoms with Crippen LogP contribution in [0, 0.1) is 0 Å². The highest BCUT2D eigenvalue weighted by Gasteiger charge is 2.39. The second-order valence-corrected chi connectivity index (χ2v) is 7.70. The lowest BCUT2D eigenvalue weighted by molar-refractivity contribution is 0.0910. The molecule has 98 valence electrons. The molecule has 1 fully saturated rings. The fourth-order valence-electron chi connectivity index (χ4n) is 1.98. The smallest absolute Gasteiger partial charge is 0.270 e. The van der Waals surface area contributed by atoms with E-state index in [2.05, 4.69) is 26.2 Å². The lowest BCUT2D eigenvalue weighted by atomic mass is 10.0. The number of halogens is 1. The van der Waals surface area contributed by atoms with Gasteiger partial charge < -0.3 is 5.32 Å². The number of hydrogen-bond donors (Lipinski definition) is 1. The van der Waals surface area contributed by atoms with Crippen LogP contribution in [0.3, 0.4) is 0 Å². The van der Waals surface area contributed by atoms with Crippen molar-refractivity contribution < 1.29 is 13.2 Å². The third-order valence-corrected chi connectivity index (χ3v) is 5.21. The van der Waals surface area contributed by atoms with Gasteiger partial charge in [0.15, 0.2) is 9.84 Å². The normalized spacial score (nSPS) is 25.9. The number of nitrogens with zero attached hydrogens (tertiary/aromatic N) is 1. The van der Waals surface area contributed by atoms with Crippen LogP contribution >= 0.6 is 15.9 Å². The Morgan fingerprint density at radius 3 is 2.78 bits per heavy atom. The molecule has 1 aliphatic heterocycles. The molecular weight excluding hydrogens is 320 g/mol. The Morgan fingerprint density at radius 2 is 2.22 bits per heavy atom. The Morgan fingerprint density at radius 1 is 1.50 bits per heavy atom. The summed E-state index contributed by atoms with van der Waals surface area (Å²) < 4.78 is 23.5. The molecule has 1 N–H and O–H groups in total. The summed E-state index contributed by atoms with van der Waals surface area (Å²) in [6.45, 7) is 1.74. The highest BCUT2D eigenvalue weighted by Crippen LogP contribution is 2.23. The van der Waals surface area contributed by atoms with Crippen molar-refractivity contribution >= 4 is 31.7 Å². The van der Waals surface area contributed by atoms with E-state index < -0.39 is 15.4 Å². The van der Waals surface area contributed by atoms with Gasteiger partial charge in [0.1, 0.15) is 10.3 Å². The zero-order valence-electron chi connectivity index (χ0n) is 9.81. The highest BCUT2D eigenvalue weighted by atomic mass is 79.9. The van der Waals surface area contributed by atoms with E-state index in [0.29, 0.717) is 11.0 Å². The maximum absolute atomic E-state index is 12.0. The van der Waals surface area contributed by atoms with Gasteiger partial charge in [-0.05, 0) is 41.4 Å². The van der Waals surface area contributed by atoms with Crippen LogP contribution in [-0.4, -0.2) is 36.4 Å². The van der Waals surface area contributed by atoms with E-state index in [0.717, 1.165) is 0 Å². The molecule has 1 aliphatic rings. The first-order valence-electron chi connectivity index (χ1n) is 5.45. The molecule has 0 aliphatic carbocycles. The Labute approximate surface area is 114 Å². The van der Waals surface area contributed by atoms with Crippen LogP contribution in [0.2, 0.25) is 0 Å². The van der Waals surface area contributed by atoms with Crippen molar-refractivity contribution in [2.45, 2.75) is 18.9 Å². The van der Waals surface area contributed by atoms with Crippen LogP contribution in [0.1, 0.15) is 23.8 Å². The fourth-order valence-corrected chi connectivity index (χ4v) is 4.42. The molecule has 0 radical (unpaired) electrons. The number of carbonyl (C=O) groups excluding carboxylic acids is 1. The lowest BCUT2D eigenvalue weighted by Gasteiger charge is -2.23. The van der Waals surface area contributed by atoms with Crippen molar-refractivity contribution in [3.63, 3.8) is 0 Å². The van der Waals surface area contributed by atoms with Gasteiger partial charge in [-0.2, -0.15) is 0 Å². The van der Waals surface area contributed by atoms with Gasteiger partial charge in [-0.1, -0.05) is 6.07 Å². The first-order chi connectivity index (χ1) is 8.30. The van der Waals surface area contributed by atoms with Gasteiger partial charge in [-0.3, -0.25) is 4.79 Å². The quantitative estimate of drug-likeness (QED) is 0.824. The molecule has 1 atom stereocenters. The van der Waals surface area contributed by atoms with Crippen molar-refractivity contribution in [1.29, 1.82) is 0 Å². The zero-order chi connectivity index (χ0) is 13.4. The Balaban J connectivity index is 2.13. The van der Waals surface area contributed by atoms with Crippen molar-refractivity contribution in [1.82, 2.24) is 10.3 Å². The summed E-state index contributed by atoms with van der Waals surface area (Å²) in [7, 11) is -3.03. The second-order valence-electron chi connectivity index (χ2n) is 4.70. The van der Waals surface area contributed by atoms with E-state index in [4.69, 9.17) is 0 Å². The molecule has 1 aromatic heterocycles. The number of nitrogens with one attached hydrogen (secondary N) is 1. The molecule has 1 unspecified atom stereocenters. The predicted molar refractivity (Wildman–Crippen MR) is 71.1 cm³/mol. The molecule has 0 saturated carbocycles. The van der Waals surface area contributed by atoms with E-state index in [-0.39, 0.29) is 23.1 Å². The topological polar surface area (TPSA) is 76.1 Å². The standard InChI is InChI=1S/C11H13BrN2O3S/c1-11(5-6-18(16,17)7-11)14-10(15)8-3-2-4-9(12)13-8/h2-4H,5-7H2,1H3,(H,14,15).